The molecule has 0 unspecified atom stereocenters. The van der Waals surface area contributed by atoms with Crippen LogP contribution in [0.25, 0.3) is 0 Å². The highest BCUT2D eigenvalue weighted by atomic mass is 35.5. The molecule has 0 aliphatic heterocycles. The number of hydrogen-bond donors (Lipinski definition) is 1. The summed E-state index contributed by atoms with van der Waals surface area (Å²) in [5, 5.41) is 11.7. The van der Waals surface area contributed by atoms with Crippen LogP contribution in [0.3, 0.4) is 0 Å². The Labute approximate surface area is 144 Å². The van der Waals surface area contributed by atoms with Crippen LogP contribution in [0.1, 0.15) is 12.1 Å². The van der Waals surface area contributed by atoms with Crippen molar-refractivity contribution in [3.63, 3.8) is 0 Å². The Morgan fingerprint density at radius 3 is 2.75 bits per heavy atom. The zero-order valence-corrected chi connectivity index (χ0v) is 13.5. The number of carbonyl (C=O) groups excluding carboxylic acids is 2. The fraction of sp³-hybridized carbons (Fsp3) is 0.176. The second-order valence-electron chi connectivity index (χ2n) is 4.92. The molecule has 24 heavy (non-hydrogen) atoms. The molecule has 1 aromatic carbocycles. The average molecular weight is 343 g/mol. The molecular formula is C17H15ClN4O2. The van der Waals surface area contributed by atoms with Gasteiger partial charge in [-0.3, -0.25) is 14.6 Å². The number of anilines is 1. The molecule has 0 radical (unpaired) electrons. The van der Waals surface area contributed by atoms with Crippen LogP contribution in [0, 0.1) is 11.3 Å². The van der Waals surface area contributed by atoms with Gasteiger partial charge in [0.2, 0.25) is 0 Å². The number of aromatic nitrogens is 1. The van der Waals surface area contributed by atoms with Gasteiger partial charge in [-0.1, -0.05) is 23.7 Å². The SMILES string of the molecule is N#CCCN(Cc1ccccn1)C(=O)C(=O)Nc1cccc(Cl)c1. The van der Waals surface area contributed by atoms with Crippen molar-refractivity contribution in [1.29, 1.82) is 5.26 Å². The summed E-state index contributed by atoms with van der Waals surface area (Å²) in [6.45, 7) is 0.305. The first-order valence-electron chi connectivity index (χ1n) is 7.23. The number of nitriles is 1. The lowest BCUT2D eigenvalue weighted by Gasteiger charge is -2.20. The first-order chi connectivity index (χ1) is 11.6. The van der Waals surface area contributed by atoms with E-state index >= 15 is 0 Å². The number of carbonyl (C=O) groups is 2. The van der Waals surface area contributed by atoms with Gasteiger partial charge in [0, 0.05) is 23.5 Å². The maximum atomic E-state index is 12.4. The minimum atomic E-state index is -0.786. The maximum absolute atomic E-state index is 12.4. The van der Waals surface area contributed by atoms with Crippen molar-refractivity contribution in [2.75, 3.05) is 11.9 Å². The lowest BCUT2D eigenvalue weighted by atomic mass is 10.3. The van der Waals surface area contributed by atoms with Crippen LogP contribution < -0.4 is 5.32 Å². The summed E-state index contributed by atoms with van der Waals surface area (Å²) >= 11 is 5.86. The van der Waals surface area contributed by atoms with E-state index in [0.717, 1.165) is 0 Å². The van der Waals surface area contributed by atoms with Crippen molar-refractivity contribution in [3.05, 3.63) is 59.4 Å². The molecule has 2 aromatic rings. The standard InChI is InChI=1S/C17H15ClN4O2/c18-13-5-3-7-14(11-13)21-16(23)17(24)22(10-4-8-19)12-15-6-1-2-9-20-15/h1-3,5-7,9,11H,4,10,12H2,(H,21,23). The van der Waals surface area contributed by atoms with E-state index in [2.05, 4.69) is 10.3 Å². The summed E-state index contributed by atoms with van der Waals surface area (Å²) in [5.74, 6) is -1.51. The Morgan fingerprint density at radius 2 is 2.08 bits per heavy atom. The number of hydrogen-bond acceptors (Lipinski definition) is 4. The number of amides is 2. The van der Waals surface area contributed by atoms with Crippen molar-refractivity contribution in [2.45, 2.75) is 13.0 Å². The van der Waals surface area contributed by atoms with E-state index in [1.807, 2.05) is 6.07 Å². The van der Waals surface area contributed by atoms with Crippen molar-refractivity contribution >= 4 is 29.1 Å². The van der Waals surface area contributed by atoms with Gasteiger partial charge in [-0.25, -0.2) is 0 Å². The third-order valence-corrected chi connectivity index (χ3v) is 3.37. The van der Waals surface area contributed by atoms with Gasteiger partial charge in [0.1, 0.15) is 0 Å². The molecule has 0 fully saturated rings. The van der Waals surface area contributed by atoms with E-state index in [1.165, 1.54) is 4.90 Å². The van der Waals surface area contributed by atoms with Gasteiger partial charge >= 0.3 is 11.8 Å². The van der Waals surface area contributed by atoms with Crippen LogP contribution in [0.4, 0.5) is 5.69 Å². The third kappa shape index (κ3) is 5.07. The van der Waals surface area contributed by atoms with Gasteiger partial charge in [-0.05, 0) is 30.3 Å². The zero-order valence-electron chi connectivity index (χ0n) is 12.8. The minimum absolute atomic E-state index is 0.128. The first-order valence-corrected chi connectivity index (χ1v) is 7.60. The molecule has 0 bridgehead atoms. The Morgan fingerprint density at radius 1 is 1.25 bits per heavy atom. The smallest absolute Gasteiger partial charge is 0.313 e. The highest BCUT2D eigenvalue weighted by molar-refractivity contribution is 6.39. The Bertz CT molecular complexity index is 759. The molecule has 1 heterocycles. The number of halogens is 1. The molecule has 1 N–H and O–H groups in total. The van der Waals surface area contributed by atoms with Gasteiger partial charge in [0.05, 0.1) is 24.7 Å². The summed E-state index contributed by atoms with van der Waals surface area (Å²) in [6, 6.07) is 13.8. The highest BCUT2D eigenvalue weighted by Crippen LogP contribution is 2.15. The van der Waals surface area contributed by atoms with E-state index in [9.17, 15) is 9.59 Å². The van der Waals surface area contributed by atoms with Crippen molar-refractivity contribution in [2.24, 2.45) is 0 Å². The number of benzene rings is 1. The summed E-state index contributed by atoms with van der Waals surface area (Å²) in [5.41, 5.74) is 1.07. The number of pyridine rings is 1. The summed E-state index contributed by atoms with van der Waals surface area (Å²) < 4.78 is 0. The van der Waals surface area contributed by atoms with E-state index < -0.39 is 11.8 Å². The van der Waals surface area contributed by atoms with Crippen LogP contribution >= 0.6 is 11.6 Å². The second-order valence-corrected chi connectivity index (χ2v) is 5.36. The molecule has 0 saturated heterocycles. The summed E-state index contributed by atoms with van der Waals surface area (Å²) in [7, 11) is 0. The van der Waals surface area contributed by atoms with Crippen molar-refractivity contribution < 1.29 is 9.59 Å². The first kappa shape index (κ1) is 17.4. The molecule has 0 aliphatic rings. The summed E-state index contributed by atoms with van der Waals surface area (Å²) in [4.78, 5) is 30.0. The molecule has 0 saturated carbocycles. The van der Waals surface area contributed by atoms with Gasteiger partial charge < -0.3 is 10.2 Å². The van der Waals surface area contributed by atoms with Crippen LogP contribution in [0.5, 0.6) is 0 Å². The van der Waals surface area contributed by atoms with Crippen molar-refractivity contribution in [3.8, 4) is 6.07 Å². The topological polar surface area (TPSA) is 86.1 Å². The predicted octanol–water partition coefficient (Wildman–Crippen LogP) is 2.62. The Hall–Kier alpha value is -2.91. The molecule has 1 aromatic heterocycles. The number of nitrogens with one attached hydrogen (secondary N) is 1. The quantitative estimate of drug-likeness (QED) is 0.846. The molecule has 6 nitrogen and oxygen atoms in total. The fourth-order valence-electron chi connectivity index (χ4n) is 2.02. The molecule has 2 rings (SSSR count). The normalized spacial score (nSPS) is 9.83. The van der Waals surface area contributed by atoms with Gasteiger partial charge in [0.25, 0.3) is 0 Å². The monoisotopic (exact) mass is 342 g/mol. The molecule has 122 valence electrons. The molecule has 7 heteroatoms. The van der Waals surface area contributed by atoms with Gasteiger partial charge in [0.15, 0.2) is 0 Å². The minimum Gasteiger partial charge on any atom is -0.328 e. The van der Waals surface area contributed by atoms with Crippen LogP contribution in [-0.4, -0.2) is 28.2 Å². The Kier molecular flexibility index (Phi) is 6.29. The van der Waals surface area contributed by atoms with E-state index in [1.54, 1.807) is 48.7 Å². The lowest BCUT2D eigenvalue weighted by molar-refractivity contribution is -0.143. The molecule has 0 aliphatic carbocycles. The van der Waals surface area contributed by atoms with Crippen LogP contribution in [-0.2, 0) is 16.1 Å². The van der Waals surface area contributed by atoms with Gasteiger partial charge in [-0.2, -0.15) is 5.26 Å². The molecule has 2 amide bonds. The van der Waals surface area contributed by atoms with Crippen molar-refractivity contribution in [1.82, 2.24) is 9.88 Å². The molecule has 0 atom stereocenters. The highest BCUT2D eigenvalue weighted by Gasteiger charge is 2.22. The van der Waals surface area contributed by atoms with E-state index in [0.29, 0.717) is 16.4 Å². The largest absolute Gasteiger partial charge is 0.328 e. The van der Waals surface area contributed by atoms with E-state index in [4.69, 9.17) is 16.9 Å². The average Bonchev–Trinajstić information content (AvgIpc) is 2.59. The van der Waals surface area contributed by atoms with Gasteiger partial charge in [-0.15, -0.1) is 0 Å². The Balaban J connectivity index is 2.08. The molecular weight excluding hydrogens is 328 g/mol. The number of nitrogens with zero attached hydrogens (tertiary/aromatic N) is 3. The van der Waals surface area contributed by atoms with Crippen LogP contribution in [0.2, 0.25) is 5.02 Å². The zero-order chi connectivity index (χ0) is 17.4. The van der Waals surface area contributed by atoms with E-state index in [-0.39, 0.29) is 19.5 Å². The maximum Gasteiger partial charge on any atom is 0.313 e. The fourth-order valence-corrected chi connectivity index (χ4v) is 2.21. The molecule has 0 spiro atoms. The summed E-state index contributed by atoms with van der Waals surface area (Å²) in [6.07, 6.45) is 1.73. The van der Waals surface area contributed by atoms with Crippen LogP contribution in [0.15, 0.2) is 48.7 Å². The lowest BCUT2D eigenvalue weighted by Crippen LogP contribution is -2.40. The second kappa shape index (κ2) is 8.65. The third-order valence-electron chi connectivity index (χ3n) is 3.14. The predicted molar refractivity (Wildman–Crippen MR) is 90.0 cm³/mol. The number of rotatable bonds is 5.